The number of ether oxygens (including phenoxy) is 8. The van der Waals surface area contributed by atoms with Crippen LogP contribution in [0.25, 0.3) is 0 Å². The van der Waals surface area contributed by atoms with Gasteiger partial charge in [-0.25, -0.2) is 0 Å². The van der Waals surface area contributed by atoms with Gasteiger partial charge in [-0.1, -0.05) is 0 Å². The topological polar surface area (TPSA) is 86.3 Å². The molecule has 1 saturated heterocycles. The highest BCUT2D eigenvalue weighted by Crippen LogP contribution is 1.95. The van der Waals surface area contributed by atoms with Gasteiger partial charge in [-0.15, -0.1) is 0 Å². The van der Waals surface area contributed by atoms with Crippen LogP contribution >= 0.6 is 0 Å². The first-order valence-corrected chi connectivity index (χ1v) is 9.84. The average Bonchev–Trinajstić information content (AvgIpc) is 2.72. The van der Waals surface area contributed by atoms with E-state index in [1.807, 2.05) is 0 Å². The first-order chi connectivity index (χ1) is 13.9. The molecule has 1 rings (SSSR count). The standard InChI is InChI=1S/C18H37NO9/c1-20-4-5-22-8-9-23-7-6-21-3-2-19-18-27-15-14-25-11-10-24-12-13-26-16-17-28-19/h2-18H2,1H3. The molecule has 0 aromatic carbocycles. The minimum Gasteiger partial charge on any atom is -0.382 e. The lowest BCUT2D eigenvalue weighted by atomic mass is 10.6. The molecule has 0 spiro atoms. The Bertz CT molecular complexity index is 297. The maximum atomic E-state index is 5.67. The fourth-order valence-corrected chi connectivity index (χ4v) is 2.07. The largest absolute Gasteiger partial charge is 0.382 e. The third kappa shape index (κ3) is 17.7. The SMILES string of the molecule is COCCOCCOCCOCCN1COCCOCCOCCOCCO1. The summed E-state index contributed by atoms with van der Waals surface area (Å²) in [4.78, 5) is 5.67. The molecule has 28 heavy (non-hydrogen) atoms. The van der Waals surface area contributed by atoms with E-state index in [-0.39, 0.29) is 0 Å². The molecule has 0 bridgehead atoms. The summed E-state index contributed by atoms with van der Waals surface area (Å²) >= 11 is 0. The van der Waals surface area contributed by atoms with E-state index < -0.39 is 0 Å². The van der Waals surface area contributed by atoms with Crippen LogP contribution in [0.5, 0.6) is 0 Å². The Balaban J connectivity index is 2.02. The van der Waals surface area contributed by atoms with Gasteiger partial charge < -0.3 is 37.9 Å². The first-order valence-electron chi connectivity index (χ1n) is 9.84. The molecule has 1 aliphatic heterocycles. The van der Waals surface area contributed by atoms with Crippen molar-refractivity contribution in [3.05, 3.63) is 0 Å². The summed E-state index contributed by atoms with van der Waals surface area (Å²) in [7, 11) is 1.65. The lowest BCUT2D eigenvalue weighted by Crippen LogP contribution is -2.32. The summed E-state index contributed by atoms with van der Waals surface area (Å²) in [5.41, 5.74) is 0. The van der Waals surface area contributed by atoms with Crippen LogP contribution < -0.4 is 0 Å². The van der Waals surface area contributed by atoms with Crippen molar-refractivity contribution in [3.63, 3.8) is 0 Å². The van der Waals surface area contributed by atoms with Crippen LogP contribution in [-0.2, 0) is 42.7 Å². The van der Waals surface area contributed by atoms with E-state index >= 15 is 0 Å². The fraction of sp³-hybridized carbons (Fsp3) is 1.00. The fourth-order valence-electron chi connectivity index (χ4n) is 2.07. The van der Waals surface area contributed by atoms with Crippen molar-refractivity contribution in [1.29, 1.82) is 0 Å². The van der Waals surface area contributed by atoms with E-state index in [1.54, 1.807) is 12.2 Å². The molecule has 0 unspecified atom stereocenters. The summed E-state index contributed by atoms with van der Waals surface area (Å²) in [5.74, 6) is 0. The Morgan fingerprint density at radius 3 is 1.61 bits per heavy atom. The van der Waals surface area contributed by atoms with Gasteiger partial charge in [0.1, 0.15) is 6.73 Å². The van der Waals surface area contributed by atoms with Crippen molar-refractivity contribution in [2.24, 2.45) is 0 Å². The smallest absolute Gasteiger partial charge is 0.122 e. The van der Waals surface area contributed by atoms with Gasteiger partial charge in [0, 0.05) is 7.11 Å². The van der Waals surface area contributed by atoms with E-state index in [0.29, 0.717) is 112 Å². The van der Waals surface area contributed by atoms with Crippen LogP contribution in [0, 0.1) is 0 Å². The molecule has 10 nitrogen and oxygen atoms in total. The molecule has 0 aliphatic carbocycles. The molecule has 0 atom stereocenters. The van der Waals surface area contributed by atoms with E-state index in [9.17, 15) is 0 Å². The Kier molecular flexibility index (Phi) is 19.5. The molecular formula is C18H37NO9. The number of rotatable bonds is 12. The molecule has 0 N–H and O–H groups in total. The normalized spacial score (nSPS) is 19.2. The molecule has 10 heteroatoms. The first kappa shape index (κ1) is 25.6. The summed E-state index contributed by atoms with van der Waals surface area (Å²) in [6.45, 7) is 8.96. The van der Waals surface area contributed by atoms with Crippen LogP contribution in [0.3, 0.4) is 0 Å². The summed E-state index contributed by atoms with van der Waals surface area (Å²) < 4.78 is 43.0. The molecule has 0 amide bonds. The number of nitrogens with zero attached hydrogens (tertiary/aromatic N) is 1. The Labute approximate surface area is 168 Å². The number of hydroxylamine groups is 2. The van der Waals surface area contributed by atoms with Crippen LogP contribution in [-0.4, -0.2) is 125 Å². The highest BCUT2D eigenvalue weighted by molar-refractivity contribution is 4.43. The molecule has 0 aromatic rings. The second-order valence-electron chi connectivity index (χ2n) is 5.74. The zero-order valence-electron chi connectivity index (χ0n) is 17.1. The monoisotopic (exact) mass is 411 g/mol. The predicted molar refractivity (Wildman–Crippen MR) is 100 cm³/mol. The molecule has 1 fully saturated rings. The zero-order valence-corrected chi connectivity index (χ0v) is 17.1. The molecule has 1 heterocycles. The van der Waals surface area contributed by atoms with Crippen LogP contribution in [0.15, 0.2) is 0 Å². The van der Waals surface area contributed by atoms with Crippen molar-refractivity contribution in [3.8, 4) is 0 Å². The maximum Gasteiger partial charge on any atom is 0.122 e. The second kappa shape index (κ2) is 21.3. The van der Waals surface area contributed by atoms with Crippen molar-refractivity contribution in [2.75, 3.05) is 119 Å². The van der Waals surface area contributed by atoms with Gasteiger partial charge in [0.05, 0.1) is 106 Å². The highest BCUT2D eigenvalue weighted by Gasteiger charge is 2.07. The molecule has 168 valence electrons. The molecule has 0 aromatic heterocycles. The van der Waals surface area contributed by atoms with Crippen LogP contribution in [0.2, 0.25) is 0 Å². The number of methoxy groups -OCH3 is 1. The third-order valence-electron chi connectivity index (χ3n) is 3.51. The van der Waals surface area contributed by atoms with Gasteiger partial charge in [0.2, 0.25) is 0 Å². The van der Waals surface area contributed by atoms with E-state index in [4.69, 9.17) is 42.7 Å². The van der Waals surface area contributed by atoms with Crippen molar-refractivity contribution in [2.45, 2.75) is 0 Å². The lowest BCUT2D eigenvalue weighted by Gasteiger charge is -2.21. The predicted octanol–water partition coefficient (Wildman–Crippen LogP) is -0.0463. The lowest BCUT2D eigenvalue weighted by molar-refractivity contribution is -0.221. The van der Waals surface area contributed by atoms with Crippen LogP contribution in [0.1, 0.15) is 0 Å². The minimum atomic E-state index is 0.346. The van der Waals surface area contributed by atoms with Crippen molar-refractivity contribution >= 4 is 0 Å². The van der Waals surface area contributed by atoms with Gasteiger partial charge >= 0.3 is 0 Å². The van der Waals surface area contributed by atoms with E-state index in [2.05, 4.69) is 0 Å². The summed E-state index contributed by atoms with van der Waals surface area (Å²) in [6.07, 6.45) is 0. The van der Waals surface area contributed by atoms with E-state index in [0.717, 1.165) is 0 Å². The molecule has 0 saturated carbocycles. The zero-order chi connectivity index (χ0) is 20.0. The summed E-state index contributed by atoms with van der Waals surface area (Å²) in [5, 5.41) is 1.73. The van der Waals surface area contributed by atoms with Gasteiger partial charge in [-0.05, 0) is 0 Å². The van der Waals surface area contributed by atoms with Gasteiger partial charge in [-0.2, -0.15) is 5.06 Å². The molecule has 1 aliphatic rings. The highest BCUT2D eigenvalue weighted by atomic mass is 16.7. The summed E-state index contributed by atoms with van der Waals surface area (Å²) in [6, 6.07) is 0. The average molecular weight is 411 g/mol. The van der Waals surface area contributed by atoms with Crippen LogP contribution in [0.4, 0.5) is 0 Å². The molecular weight excluding hydrogens is 374 g/mol. The van der Waals surface area contributed by atoms with Crippen molar-refractivity contribution in [1.82, 2.24) is 5.06 Å². The van der Waals surface area contributed by atoms with E-state index in [1.165, 1.54) is 0 Å². The second-order valence-corrected chi connectivity index (χ2v) is 5.74. The van der Waals surface area contributed by atoms with Crippen molar-refractivity contribution < 1.29 is 42.7 Å². The maximum absolute atomic E-state index is 5.67. The van der Waals surface area contributed by atoms with Gasteiger partial charge in [-0.3, -0.25) is 4.84 Å². The van der Waals surface area contributed by atoms with Gasteiger partial charge in [0.25, 0.3) is 0 Å². The third-order valence-corrected chi connectivity index (χ3v) is 3.51. The Hall–Kier alpha value is -0.400. The number of hydrogen-bond donors (Lipinski definition) is 0. The minimum absolute atomic E-state index is 0.346. The molecule has 0 radical (unpaired) electrons. The Morgan fingerprint density at radius 2 is 1.04 bits per heavy atom. The van der Waals surface area contributed by atoms with Gasteiger partial charge in [0.15, 0.2) is 0 Å². The number of hydrogen-bond acceptors (Lipinski definition) is 10. The Morgan fingerprint density at radius 1 is 0.571 bits per heavy atom. The quantitative estimate of drug-likeness (QED) is 0.408.